The number of benzene rings is 5. The summed E-state index contributed by atoms with van der Waals surface area (Å²) in [6.07, 6.45) is -1.59. The third-order valence-electron chi connectivity index (χ3n) is 10.6. The molecule has 356 valence electrons. The van der Waals surface area contributed by atoms with Crippen LogP contribution >= 0.6 is 0 Å². The van der Waals surface area contributed by atoms with E-state index in [1.165, 1.54) is 5.56 Å². The van der Waals surface area contributed by atoms with Gasteiger partial charge in [-0.1, -0.05) is 60.7 Å². The fourth-order valence-electron chi connectivity index (χ4n) is 7.60. The van der Waals surface area contributed by atoms with Gasteiger partial charge in [-0.25, -0.2) is 92.8 Å². The lowest BCUT2D eigenvalue weighted by Gasteiger charge is -2.44. The summed E-state index contributed by atoms with van der Waals surface area (Å²) in [5, 5.41) is 0. The molecule has 0 radical (unpaired) electrons. The molecule has 3 nitrogen and oxygen atoms in total. The molecule has 0 spiro atoms. The zero-order chi connectivity index (χ0) is 50.5. The zero-order valence-corrected chi connectivity index (χ0v) is 33.3. The van der Waals surface area contributed by atoms with E-state index in [9.17, 15) is 52.7 Å². The third kappa shape index (κ3) is 8.19. The molecular formula is C45H17BF20N2O. The highest BCUT2D eigenvalue weighted by Gasteiger charge is 2.52. The van der Waals surface area contributed by atoms with Crippen LogP contribution in [-0.2, 0) is 6.54 Å². The van der Waals surface area contributed by atoms with Gasteiger partial charge in [0.15, 0.2) is 82.5 Å². The van der Waals surface area contributed by atoms with Gasteiger partial charge in [0, 0.05) is 5.56 Å². The molecule has 8 rings (SSSR count). The quantitative estimate of drug-likeness (QED) is 0.0499. The van der Waals surface area contributed by atoms with E-state index in [1.54, 1.807) is 6.20 Å². The van der Waals surface area contributed by atoms with Gasteiger partial charge in [0.1, 0.15) is 58.4 Å². The first-order chi connectivity index (χ1) is 32.6. The number of fused-ring (bicyclic) bond motifs is 1. The van der Waals surface area contributed by atoms with Gasteiger partial charge in [0.2, 0.25) is 6.20 Å². The first kappa shape index (κ1) is 49.3. The van der Waals surface area contributed by atoms with Crippen molar-refractivity contribution >= 4 is 28.0 Å². The maximum atomic E-state index is 15.4. The molecular weight excluding hydrogens is 975 g/mol. The normalized spacial score (nSPS) is 11.5. The molecule has 0 saturated heterocycles. The van der Waals surface area contributed by atoms with Crippen molar-refractivity contribution in [1.82, 2.24) is 4.98 Å². The smallest absolute Gasteiger partial charge is 0.285 e. The van der Waals surface area contributed by atoms with E-state index in [0.717, 1.165) is 23.4 Å². The van der Waals surface area contributed by atoms with Gasteiger partial charge >= 0.3 is 0 Å². The average Bonchev–Trinajstić information content (AvgIpc) is 3.58. The largest absolute Gasteiger partial charge is 0.434 e. The Hall–Kier alpha value is -7.66. The molecule has 69 heavy (non-hydrogen) atoms. The fraction of sp³-hybridized carbons (Fsp3) is 0.0222. The Bertz CT molecular complexity index is 2890. The van der Waals surface area contributed by atoms with Crippen LogP contribution in [0.1, 0.15) is 5.56 Å². The Kier molecular flexibility index (Phi) is 13.4. The lowest BCUT2D eigenvalue weighted by atomic mass is 9.12. The summed E-state index contributed by atoms with van der Waals surface area (Å²) in [6.45, 7) is 0.790. The van der Waals surface area contributed by atoms with E-state index in [-0.39, 0.29) is 0 Å². The summed E-state index contributed by atoms with van der Waals surface area (Å²) in [6, 6.07) is 24.6. The Morgan fingerprint density at radius 1 is 0.377 bits per heavy atom. The molecule has 1 aromatic heterocycles. The average molecular weight is 992 g/mol. The van der Waals surface area contributed by atoms with E-state index < -0.39 is 144 Å². The van der Waals surface area contributed by atoms with E-state index in [0.29, 0.717) is 5.88 Å². The van der Waals surface area contributed by atoms with Gasteiger partial charge in [-0.3, -0.25) is 0 Å². The molecule has 6 aromatic rings. The van der Waals surface area contributed by atoms with Crippen molar-refractivity contribution in [3.8, 4) is 22.8 Å². The van der Waals surface area contributed by atoms with Crippen molar-refractivity contribution in [2.75, 3.05) is 0 Å². The summed E-state index contributed by atoms with van der Waals surface area (Å²) >= 11 is 0. The van der Waals surface area contributed by atoms with Gasteiger partial charge in [0.25, 0.3) is 5.88 Å². The highest BCUT2D eigenvalue weighted by Crippen LogP contribution is 2.33. The third-order valence-corrected chi connectivity index (χ3v) is 10.6. The molecule has 0 unspecified atom stereocenters. The second-order valence-electron chi connectivity index (χ2n) is 14.5. The lowest BCUT2D eigenvalue weighted by Crippen LogP contribution is -2.81. The van der Waals surface area contributed by atoms with Crippen molar-refractivity contribution in [1.29, 1.82) is 0 Å². The number of hydrogen-bond donors (Lipinski definition) is 0. The number of aromatic nitrogens is 2. The maximum Gasteiger partial charge on any atom is 0.285 e. The van der Waals surface area contributed by atoms with Crippen LogP contribution in [0.15, 0.2) is 91.4 Å². The maximum absolute atomic E-state index is 15.4. The molecule has 2 aliphatic rings. The van der Waals surface area contributed by atoms with Gasteiger partial charge in [-0.2, -0.15) is 4.57 Å². The van der Waals surface area contributed by atoms with Crippen LogP contribution in [0, 0.1) is 116 Å². The zero-order valence-electron chi connectivity index (χ0n) is 33.3. The molecule has 5 aromatic carbocycles. The van der Waals surface area contributed by atoms with E-state index >= 15 is 35.1 Å². The number of halogens is 20. The van der Waals surface area contributed by atoms with Crippen molar-refractivity contribution in [3.05, 3.63) is 213 Å². The summed E-state index contributed by atoms with van der Waals surface area (Å²) in [7, 11) is 0. The number of ether oxygens (including phenoxy) is 1. The van der Waals surface area contributed by atoms with Crippen LogP contribution in [-0.4, -0.2) is 11.1 Å². The summed E-state index contributed by atoms with van der Waals surface area (Å²) in [5.41, 5.74) is -10.8. The van der Waals surface area contributed by atoms with Gasteiger partial charge in [0.05, 0.1) is 6.20 Å². The molecule has 0 saturated carbocycles. The molecule has 2 aliphatic carbocycles. The molecule has 1 heterocycles. The number of hydrogen-bond acceptors (Lipinski definition) is 2. The Balaban J connectivity index is 0.000000244. The second kappa shape index (κ2) is 18.8. The predicted molar refractivity (Wildman–Crippen MR) is 202 cm³/mol. The lowest BCUT2D eigenvalue weighted by molar-refractivity contribution is -0.689. The Morgan fingerprint density at radius 3 is 0.986 bits per heavy atom. The van der Waals surface area contributed by atoms with E-state index in [2.05, 4.69) is 33.8 Å². The summed E-state index contributed by atoms with van der Waals surface area (Å²) in [4.78, 5) is 4.32. The summed E-state index contributed by atoms with van der Waals surface area (Å²) in [5.74, 6) is -70.0. The van der Waals surface area contributed by atoms with Crippen LogP contribution in [0.4, 0.5) is 87.8 Å². The van der Waals surface area contributed by atoms with Crippen LogP contribution < -0.4 is 31.2 Å². The minimum atomic E-state index is -7.22. The first-order valence-electron chi connectivity index (χ1n) is 18.9. The molecule has 0 atom stereocenters. The first-order valence-corrected chi connectivity index (χ1v) is 18.9. The molecule has 0 aliphatic heterocycles. The standard InChI is InChI=1S/C24BF20.C21H17N2O/c26-5-1(6(27)14(35)21(42)13(5)34)25(2-7(28)15(36)22(43)16(37)8(2)29,3-9(30)17(38)23(44)18(39)10(3)31)4-11(32)19(40)24(45)20(41)12(4)33;1-3-7-17(8-4-1)15-23-12-11-22-21(16-23)24-20-13-18-9-5-2-6-10-19(18)14-20/h;1-14,16H,15H2/q-1;+1. The monoisotopic (exact) mass is 992 g/mol. The highest BCUT2D eigenvalue weighted by molar-refractivity contribution is 7.20. The second-order valence-corrected chi connectivity index (χ2v) is 14.5. The minimum absolute atomic E-state index is 0.591. The molecule has 0 N–H and O–H groups in total. The van der Waals surface area contributed by atoms with Gasteiger partial charge < -0.3 is 4.74 Å². The summed E-state index contributed by atoms with van der Waals surface area (Å²) < 4.78 is 302. The van der Waals surface area contributed by atoms with E-state index in [4.69, 9.17) is 4.74 Å². The number of nitrogens with zero attached hydrogens (tertiary/aromatic N) is 2. The predicted octanol–water partition coefficient (Wildman–Crippen LogP) is 10.2. The van der Waals surface area contributed by atoms with Crippen molar-refractivity contribution < 1.29 is 97.1 Å². The van der Waals surface area contributed by atoms with Crippen LogP contribution in [0.25, 0.3) is 11.1 Å². The van der Waals surface area contributed by atoms with Gasteiger partial charge in [-0.05, 0) is 23.3 Å². The fourth-order valence-corrected chi connectivity index (χ4v) is 7.60. The topological polar surface area (TPSA) is 26.0 Å². The van der Waals surface area contributed by atoms with Crippen LogP contribution in [0.2, 0.25) is 0 Å². The molecule has 0 bridgehead atoms. The van der Waals surface area contributed by atoms with E-state index in [1.807, 2.05) is 60.9 Å². The molecule has 0 fully saturated rings. The van der Waals surface area contributed by atoms with Crippen molar-refractivity contribution in [3.63, 3.8) is 0 Å². The highest BCUT2D eigenvalue weighted by atomic mass is 19.2. The minimum Gasteiger partial charge on any atom is -0.434 e. The molecule has 24 heteroatoms. The van der Waals surface area contributed by atoms with Crippen LogP contribution in [0.3, 0.4) is 0 Å². The van der Waals surface area contributed by atoms with Gasteiger partial charge in [-0.15, -0.1) is 21.9 Å². The van der Waals surface area contributed by atoms with Crippen molar-refractivity contribution in [2.24, 2.45) is 0 Å². The van der Waals surface area contributed by atoms with Crippen LogP contribution in [0.5, 0.6) is 11.6 Å². The SMILES string of the molecule is Fc1c(F)c(F)c([B-](c2c(F)c(F)c(F)c(F)c2F)(c2c(F)c(F)c(F)c(F)c2F)c2c(F)c(F)c(F)c(F)c2F)c(F)c1F.c1ccc(C[n+]2ccnc(Oc3cc4cccccc-4c3)c2)cc1. The molecule has 0 amide bonds. The number of rotatable bonds is 8. The Labute approximate surface area is 372 Å². The Morgan fingerprint density at radius 2 is 0.667 bits per heavy atom. The van der Waals surface area contributed by atoms with Crippen molar-refractivity contribution in [2.45, 2.75) is 6.54 Å².